The molecule has 4 heteroatoms. The Kier molecular flexibility index (Phi) is 7.34. The molecule has 1 unspecified atom stereocenters. The summed E-state index contributed by atoms with van der Waals surface area (Å²) in [6, 6.07) is 0. The summed E-state index contributed by atoms with van der Waals surface area (Å²) < 4.78 is 5.18. The molecular formula is C12H25NO3. The fourth-order valence-electron chi connectivity index (χ4n) is 1.39. The average Bonchev–Trinajstić information content (AvgIpc) is 2.21. The summed E-state index contributed by atoms with van der Waals surface area (Å²) in [6.07, 6.45) is 1.55. The summed E-state index contributed by atoms with van der Waals surface area (Å²) in [6.45, 7) is 9.66. The minimum absolute atomic E-state index is 0.521. The zero-order chi connectivity index (χ0) is 12.6. The predicted molar refractivity (Wildman–Crippen MR) is 64.6 cm³/mol. The normalized spacial score (nSPS) is 15.1. The van der Waals surface area contributed by atoms with Crippen molar-refractivity contribution >= 4 is 5.97 Å². The lowest BCUT2D eigenvalue weighted by molar-refractivity contribution is -0.144. The van der Waals surface area contributed by atoms with Crippen LogP contribution in [0.4, 0.5) is 0 Å². The summed E-state index contributed by atoms with van der Waals surface area (Å²) in [5.74, 6) is -0.267. The highest BCUT2D eigenvalue weighted by molar-refractivity contribution is 5.78. The van der Waals surface area contributed by atoms with Gasteiger partial charge < -0.3 is 9.84 Å². The molecule has 0 saturated carbocycles. The van der Waals surface area contributed by atoms with Crippen LogP contribution in [0.5, 0.6) is 0 Å². The van der Waals surface area contributed by atoms with Gasteiger partial charge >= 0.3 is 5.97 Å². The fraction of sp³-hybridized carbons (Fsp3) is 0.917. The Bertz CT molecular complexity index is 206. The van der Waals surface area contributed by atoms with Crippen molar-refractivity contribution in [2.45, 2.75) is 46.1 Å². The van der Waals surface area contributed by atoms with Gasteiger partial charge in [-0.05, 0) is 32.6 Å². The van der Waals surface area contributed by atoms with E-state index in [1.54, 1.807) is 6.92 Å². The van der Waals surface area contributed by atoms with Crippen LogP contribution in [0, 0.1) is 5.92 Å². The second-order valence-corrected chi connectivity index (χ2v) is 4.69. The number of nitrogens with one attached hydrogen (secondary N) is 1. The maximum atomic E-state index is 11.2. The second-order valence-electron chi connectivity index (χ2n) is 4.69. The number of carboxylic acid groups (broad SMARTS) is 1. The van der Waals surface area contributed by atoms with Gasteiger partial charge in [0.2, 0.25) is 0 Å². The van der Waals surface area contributed by atoms with Gasteiger partial charge in [-0.1, -0.05) is 13.8 Å². The monoisotopic (exact) mass is 231 g/mol. The van der Waals surface area contributed by atoms with E-state index < -0.39 is 11.5 Å². The van der Waals surface area contributed by atoms with Gasteiger partial charge in [-0.15, -0.1) is 0 Å². The fourth-order valence-corrected chi connectivity index (χ4v) is 1.39. The summed E-state index contributed by atoms with van der Waals surface area (Å²) in [7, 11) is 0. The number of ether oxygens (including phenoxy) is 1. The van der Waals surface area contributed by atoms with Crippen molar-refractivity contribution in [2.24, 2.45) is 5.92 Å². The van der Waals surface area contributed by atoms with E-state index in [1.807, 2.05) is 6.92 Å². The average molecular weight is 231 g/mol. The van der Waals surface area contributed by atoms with E-state index in [4.69, 9.17) is 4.74 Å². The smallest absolute Gasteiger partial charge is 0.323 e. The van der Waals surface area contributed by atoms with Gasteiger partial charge in [-0.2, -0.15) is 0 Å². The molecule has 1 atom stereocenters. The van der Waals surface area contributed by atoms with E-state index in [1.165, 1.54) is 0 Å². The van der Waals surface area contributed by atoms with Crippen molar-refractivity contribution in [3.8, 4) is 0 Å². The minimum Gasteiger partial charge on any atom is -0.480 e. The molecule has 0 amide bonds. The zero-order valence-electron chi connectivity index (χ0n) is 10.9. The first-order chi connectivity index (χ1) is 7.42. The Morgan fingerprint density at radius 1 is 1.50 bits per heavy atom. The Balaban J connectivity index is 4.07. The Labute approximate surface area is 98.4 Å². The maximum Gasteiger partial charge on any atom is 0.323 e. The Hall–Kier alpha value is -0.610. The number of hydrogen-bond acceptors (Lipinski definition) is 3. The van der Waals surface area contributed by atoms with E-state index in [2.05, 4.69) is 19.2 Å². The van der Waals surface area contributed by atoms with Gasteiger partial charge in [0.1, 0.15) is 5.54 Å². The summed E-state index contributed by atoms with van der Waals surface area (Å²) in [5, 5.41) is 12.3. The van der Waals surface area contributed by atoms with Crippen molar-refractivity contribution in [1.29, 1.82) is 0 Å². The highest BCUT2D eigenvalue weighted by Gasteiger charge is 2.31. The number of carbonyl (C=O) groups is 1. The molecule has 0 rings (SSSR count). The van der Waals surface area contributed by atoms with Gasteiger partial charge in [0.15, 0.2) is 0 Å². The Morgan fingerprint density at radius 2 is 2.12 bits per heavy atom. The minimum atomic E-state index is -0.832. The topological polar surface area (TPSA) is 58.6 Å². The number of carboxylic acids is 1. The largest absolute Gasteiger partial charge is 0.480 e. The maximum absolute atomic E-state index is 11.2. The first-order valence-corrected chi connectivity index (χ1v) is 5.98. The molecule has 0 aliphatic heterocycles. The molecular weight excluding hydrogens is 206 g/mol. The molecule has 0 aromatic heterocycles. The molecule has 0 saturated heterocycles. The van der Waals surface area contributed by atoms with E-state index in [9.17, 15) is 9.90 Å². The van der Waals surface area contributed by atoms with Crippen molar-refractivity contribution in [3.05, 3.63) is 0 Å². The molecule has 0 spiro atoms. The SMILES string of the molecule is CCOCCNC(C)(CCC(C)C)C(=O)O. The molecule has 0 heterocycles. The van der Waals surface area contributed by atoms with Crippen molar-refractivity contribution in [1.82, 2.24) is 5.32 Å². The molecule has 4 nitrogen and oxygen atoms in total. The molecule has 0 fully saturated rings. The third kappa shape index (κ3) is 6.08. The lowest BCUT2D eigenvalue weighted by Gasteiger charge is -2.27. The lowest BCUT2D eigenvalue weighted by atomic mass is 9.92. The van der Waals surface area contributed by atoms with Gasteiger partial charge in [-0.3, -0.25) is 10.1 Å². The zero-order valence-corrected chi connectivity index (χ0v) is 10.9. The number of rotatable bonds is 9. The predicted octanol–water partition coefficient (Wildman–Crippen LogP) is 1.89. The van der Waals surface area contributed by atoms with Crippen LogP contribution < -0.4 is 5.32 Å². The lowest BCUT2D eigenvalue weighted by Crippen LogP contribution is -2.50. The summed E-state index contributed by atoms with van der Waals surface area (Å²) >= 11 is 0. The second kappa shape index (κ2) is 7.63. The third-order valence-corrected chi connectivity index (χ3v) is 2.66. The molecule has 0 aliphatic carbocycles. The molecule has 0 bridgehead atoms. The molecule has 0 aliphatic rings. The Morgan fingerprint density at radius 3 is 2.56 bits per heavy atom. The molecule has 0 aromatic carbocycles. The first-order valence-electron chi connectivity index (χ1n) is 5.98. The van der Waals surface area contributed by atoms with Crippen molar-refractivity contribution in [3.63, 3.8) is 0 Å². The van der Waals surface area contributed by atoms with E-state index >= 15 is 0 Å². The van der Waals surface area contributed by atoms with Gasteiger partial charge in [-0.25, -0.2) is 0 Å². The van der Waals surface area contributed by atoms with Crippen LogP contribution in [0.3, 0.4) is 0 Å². The van der Waals surface area contributed by atoms with Crippen LogP contribution in [-0.4, -0.2) is 36.4 Å². The summed E-state index contributed by atoms with van der Waals surface area (Å²) in [4.78, 5) is 11.2. The van der Waals surface area contributed by atoms with Crippen LogP contribution in [0.15, 0.2) is 0 Å². The first kappa shape index (κ1) is 15.4. The molecule has 96 valence electrons. The molecule has 16 heavy (non-hydrogen) atoms. The quantitative estimate of drug-likeness (QED) is 0.595. The number of aliphatic carboxylic acids is 1. The molecule has 0 aromatic rings. The highest BCUT2D eigenvalue weighted by Crippen LogP contribution is 2.16. The van der Waals surface area contributed by atoms with Crippen LogP contribution in [0.25, 0.3) is 0 Å². The van der Waals surface area contributed by atoms with Crippen LogP contribution in [0.2, 0.25) is 0 Å². The van der Waals surface area contributed by atoms with Crippen LogP contribution >= 0.6 is 0 Å². The molecule has 2 N–H and O–H groups in total. The third-order valence-electron chi connectivity index (χ3n) is 2.66. The standard InChI is InChI=1S/C12H25NO3/c1-5-16-9-8-13-12(4,11(14)15)7-6-10(2)3/h10,13H,5-9H2,1-4H3,(H,14,15). The molecule has 0 radical (unpaired) electrons. The van der Waals surface area contributed by atoms with E-state index in [0.717, 1.165) is 6.42 Å². The summed E-state index contributed by atoms with van der Waals surface area (Å²) in [5.41, 5.74) is -0.832. The van der Waals surface area contributed by atoms with Crippen molar-refractivity contribution < 1.29 is 14.6 Å². The van der Waals surface area contributed by atoms with Gasteiger partial charge in [0.05, 0.1) is 6.61 Å². The van der Waals surface area contributed by atoms with Crippen molar-refractivity contribution in [2.75, 3.05) is 19.8 Å². The van der Waals surface area contributed by atoms with Gasteiger partial charge in [0, 0.05) is 13.2 Å². The van der Waals surface area contributed by atoms with Gasteiger partial charge in [0.25, 0.3) is 0 Å². The van der Waals surface area contributed by atoms with Crippen LogP contribution in [-0.2, 0) is 9.53 Å². The van der Waals surface area contributed by atoms with E-state index in [0.29, 0.717) is 32.1 Å². The van der Waals surface area contributed by atoms with Crippen LogP contribution in [0.1, 0.15) is 40.5 Å². The van der Waals surface area contributed by atoms with E-state index in [-0.39, 0.29) is 0 Å². The highest BCUT2D eigenvalue weighted by atomic mass is 16.5. The number of hydrogen-bond donors (Lipinski definition) is 2.